The van der Waals surface area contributed by atoms with Gasteiger partial charge in [0.25, 0.3) is 5.91 Å². The van der Waals surface area contributed by atoms with Crippen LogP contribution < -0.4 is 10.6 Å². The summed E-state index contributed by atoms with van der Waals surface area (Å²) in [4.78, 5) is 12.2. The molecule has 0 atom stereocenters. The zero-order chi connectivity index (χ0) is 11.7. The van der Waals surface area contributed by atoms with Crippen LogP contribution in [-0.4, -0.2) is 18.5 Å². The van der Waals surface area contributed by atoms with Gasteiger partial charge in [-0.2, -0.15) is 0 Å². The smallest absolute Gasteiger partial charge is 0.251 e. The Morgan fingerprint density at radius 3 is 2.94 bits per heavy atom. The monoisotopic (exact) mass is 230 g/mol. The summed E-state index contributed by atoms with van der Waals surface area (Å²) in [5, 5.41) is 6.48. The Hall–Kier alpha value is -1.51. The van der Waals surface area contributed by atoms with Gasteiger partial charge < -0.3 is 10.6 Å². The Balaban J connectivity index is 1.83. The van der Waals surface area contributed by atoms with Crippen molar-refractivity contribution in [2.45, 2.75) is 38.1 Å². The summed E-state index contributed by atoms with van der Waals surface area (Å²) < 4.78 is 0. The van der Waals surface area contributed by atoms with Gasteiger partial charge in [0.15, 0.2) is 0 Å². The summed E-state index contributed by atoms with van der Waals surface area (Å²) in [6.45, 7) is 1.01. The van der Waals surface area contributed by atoms with E-state index in [0.717, 1.165) is 43.5 Å². The van der Waals surface area contributed by atoms with Crippen LogP contribution in [0, 0.1) is 0 Å². The first kappa shape index (κ1) is 10.6. The molecule has 1 aromatic rings. The Kier molecular flexibility index (Phi) is 2.75. The van der Waals surface area contributed by atoms with Crippen molar-refractivity contribution < 1.29 is 4.79 Å². The molecule has 0 spiro atoms. The highest BCUT2D eigenvalue weighted by Gasteiger charge is 2.22. The Bertz CT molecular complexity index is 438. The molecule has 1 heterocycles. The number of nitrogens with one attached hydrogen (secondary N) is 2. The van der Waals surface area contributed by atoms with Crippen LogP contribution in [0.5, 0.6) is 0 Å². The molecule has 3 heteroatoms. The highest BCUT2D eigenvalue weighted by Crippen LogP contribution is 2.26. The van der Waals surface area contributed by atoms with Crippen LogP contribution in [0.3, 0.4) is 0 Å². The van der Waals surface area contributed by atoms with E-state index in [2.05, 4.69) is 16.7 Å². The number of benzene rings is 1. The number of hydrogen-bond acceptors (Lipinski definition) is 2. The molecule has 17 heavy (non-hydrogen) atoms. The third kappa shape index (κ3) is 2.02. The Morgan fingerprint density at radius 2 is 2.18 bits per heavy atom. The third-order valence-electron chi connectivity index (χ3n) is 3.78. The van der Waals surface area contributed by atoms with Crippen LogP contribution in [0.1, 0.15) is 41.6 Å². The van der Waals surface area contributed by atoms with Crippen molar-refractivity contribution in [2.24, 2.45) is 0 Å². The van der Waals surface area contributed by atoms with Gasteiger partial charge in [-0.1, -0.05) is 6.07 Å². The van der Waals surface area contributed by atoms with Gasteiger partial charge in [-0.3, -0.25) is 4.79 Å². The number of carbonyl (C=O) groups excluding carboxylic acids is 1. The predicted octanol–water partition coefficient (Wildman–Crippen LogP) is 2.33. The second-order valence-corrected chi connectivity index (χ2v) is 4.96. The number of amides is 1. The van der Waals surface area contributed by atoms with E-state index in [1.165, 1.54) is 12.0 Å². The highest BCUT2D eigenvalue weighted by molar-refractivity contribution is 5.97. The van der Waals surface area contributed by atoms with E-state index in [0.29, 0.717) is 6.04 Å². The quantitative estimate of drug-likeness (QED) is 0.818. The summed E-state index contributed by atoms with van der Waals surface area (Å²) >= 11 is 0. The largest absolute Gasteiger partial charge is 0.385 e. The fraction of sp³-hybridized carbons (Fsp3) is 0.500. The van der Waals surface area contributed by atoms with Gasteiger partial charge >= 0.3 is 0 Å². The lowest BCUT2D eigenvalue weighted by molar-refractivity contribution is 0.0916. The van der Waals surface area contributed by atoms with Gasteiger partial charge in [-0.15, -0.1) is 0 Å². The molecule has 2 N–H and O–H groups in total. The summed E-state index contributed by atoms with van der Waals surface area (Å²) in [6.07, 6.45) is 5.65. The van der Waals surface area contributed by atoms with Gasteiger partial charge in [0.05, 0.1) is 0 Å². The van der Waals surface area contributed by atoms with Crippen LogP contribution in [0.4, 0.5) is 5.69 Å². The van der Waals surface area contributed by atoms with E-state index in [4.69, 9.17) is 0 Å². The Morgan fingerprint density at radius 1 is 1.29 bits per heavy atom. The van der Waals surface area contributed by atoms with Crippen molar-refractivity contribution in [3.8, 4) is 0 Å². The highest BCUT2D eigenvalue weighted by atomic mass is 16.1. The van der Waals surface area contributed by atoms with E-state index < -0.39 is 0 Å². The zero-order valence-electron chi connectivity index (χ0n) is 9.96. The van der Waals surface area contributed by atoms with Crippen molar-refractivity contribution in [3.05, 3.63) is 29.3 Å². The van der Waals surface area contributed by atoms with E-state index in [1.807, 2.05) is 12.1 Å². The first-order valence-corrected chi connectivity index (χ1v) is 6.51. The Labute approximate surface area is 102 Å². The van der Waals surface area contributed by atoms with E-state index in [-0.39, 0.29) is 5.91 Å². The average molecular weight is 230 g/mol. The molecule has 1 amide bonds. The molecule has 0 bridgehead atoms. The molecular weight excluding hydrogens is 212 g/mol. The minimum absolute atomic E-state index is 0.107. The summed E-state index contributed by atoms with van der Waals surface area (Å²) in [5.41, 5.74) is 3.19. The van der Waals surface area contributed by atoms with Crippen LogP contribution in [-0.2, 0) is 6.42 Å². The molecule has 1 aliphatic heterocycles. The molecule has 3 nitrogen and oxygen atoms in total. The molecule has 0 saturated heterocycles. The van der Waals surface area contributed by atoms with Crippen LogP contribution in [0.15, 0.2) is 18.2 Å². The molecule has 2 aliphatic rings. The summed E-state index contributed by atoms with van der Waals surface area (Å²) in [7, 11) is 0. The van der Waals surface area contributed by atoms with E-state index in [9.17, 15) is 4.79 Å². The first-order valence-electron chi connectivity index (χ1n) is 6.51. The first-order chi connectivity index (χ1) is 8.34. The topological polar surface area (TPSA) is 41.1 Å². The lowest BCUT2D eigenvalue weighted by Gasteiger charge is -2.27. The maximum Gasteiger partial charge on any atom is 0.251 e. The number of anilines is 1. The summed E-state index contributed by atoms with van der Waals surface area (Å²) in [5.74, 6) is 0.107. The summed E-state index contributed by atoms with van der Waals surface area (Å²) in [6, 6.07) is 6.39. The lowest BCUT2D eigenvalue weighted by atomic mass is 9.92. The second kappa shape index (κ2) is 4.40. The van der Waals surface area contributed by atoms with Gasteiger partial charge in [-0.05, 0) is 49.8 Å². The van der Waals surface area contributed by atoms with Crippen LogP contribution in [0.25, 0.3) is 0 Å². The molecule has 3 rings (SSSR count). The number of carbonyl (C=O) groups is 1. The SMILES string of the molecule is O=C(NC1CCC1)c1cccc2c1CCCN2. The molecule has 1 aromatic carbocycles. The molecule has 1 aliphatic carbocycles. The average Bonchev–Trinajstić information content (AvgIpc) is 2.33. The van der Waals surface area contributed by atoms with Crippen molar-refractivity contribution in [2.75, 3.05) is 11.9 Å². The third-order valence-corrected chi connectivity index (χ3v) is 3.78. The molecular formula is C14H18N2O. The fourth-order valence-electron chi connectivity index (χ4n) is 2.54. The van der Waals surface area contributed by atoms with Crippen molar-refractivity contribution >= 4 is 11.6 Å². The van der Waals surface area contributed by atoms with Gasteiger partial charge in [0.2, 0.25) is 0 Å². The van der Waals surface area contributed by atoms with Crippen molar-refractivity contribution in [3.63, 3.8) is 0 Å². The molecule has 0 unspecified atom stereocenters. The van der Waals surface area contributed by atoms with Crippen molar-refractivity contribution in [1.82, 2.24) is 5.32 Å². The second-order valence-electron chi connectivity index (χ2n) is 4.96. The van der Waals surface area contributed by atoms with Gasteiger partial charge in [0, 0.05) is 23.8 Å². The standard InChI is InChI=1S/C14H18N2O/c17-14(16-10-4-1-5-10)12-6-2-8-13-11(12)7-3-9-15-13/h2,6,8,10,15H,1,3-5,7,9H2,(H,16,17). The lowest BCUT2D eigenvalue weighted by Crippen LogP contribution is -2.40. The normalized spacial score (nSPS) is 18.8. The van der Waals surface area contributed by atoms with Gasteiger partial charge in [-0.25, -0.2) is 0 Å². The van der Waals surface area contributed by atoms with E-state index in [1.54, 1.807) is 0 Å². The fourth-order valence-corrected chi connectivity index (χ4v) is 2.54. The minimum Gasteiger partial charge on any atom is -0.385 e. The number of rotatable bonds is 2. The van der Waals surface area contributed by atoms with Gasteiger partial charge in [0.1, 0.15) is 0 Å². The predicted molar refractivity (Wildman–Crippen MR) is 68.4 cm³/mol. The van der Waals surface area contributed by atoms with Crippen LogP contribution in [0.2, 0.25) is 0 Å². The molecule has 1 saturated carbocycles. The number of hydrogen-bond donors (Lipinski definition) is 2. The van der Waals surface area contributed by atoms with E-state index >= 15 is 0 Å². The zero-order valence-corrected chi connectivity index (χ0v) is 9.96. The molecule has 90 valence electrons. The molecule has 0 radical (unpaired) electrons. The number of fused-ring (bicyclic) bond motifs is 1. The van der Waals surface area contributed by atoms with Crippen molar-refractivity contribution in [1.29, 1.82) is 0 Å². The maximum atomic E-state index is 12.2. The maximum absolute atomic E-state index is 12.2. The van der Waals surface area contributed by atoms with Crippen LogP contribution >= 0.6 is 0 Å². The molecule has 1 fully saturated rings. The molecule has 0 aromatic heterocycles. The minimum atomic E-state index is 0.107.